The Bertz CT molecular complexity index is 718. The monoisotopic (exact) mass is 401 g/mol. The maximum atomic E-state index is 11.6. The highest BCUT2D eigenvalue weighted by molar-refractivity contribution is 9.10. The van der Waals surface area contributed by atoms with Crippen molar-refractivity contribution in [2.75, 3.05) is 7.11 Å². The van der Waals surface area contributed by atoms with Crippen LogP contribution in [0, 0.1) is 0 Å². The molecule has 1 fully saturated rings. The lowest BCUT2D eigenvalue weighted by atomic mass is 10.2. The molecule has 0 bridgehead atoms. The fraction of sp³-hybridized carbons (Fsp3) is 0.0769. The molecule has 2 rings (SSSR count). The summed E-state index contributed by atoms with van der Waals surface area (Å²) in [5, 5.41) is 11.2. The van der Waals surface area contributed by atoms with Crippen LogP contribution in [0.15, 0.2) is 43.9 Å². The lowest BCUT2D eigenvalue weighted by Crippen LogP contribution is -2.19. The minimum atomic E-state index is -0.604. The molecule has 1 saturated heterocycles. The number of hydrogen-bond donors (Lipinski definition) is 1. The number of thioether (sulfide) groups is 1. The van der Waals surface area contributed by atoms with E-state index in [-0.39, 0.29) is 10.1 Å². The summed E-state index contributed by atoms with van der Waals surface area (Å²) >= 11 is 10.2. The minimum Gasteiger partial charge on any atom is -0.466 e. The first-order valence-electron chi connectivity index (χ1n) is 5.84. The number of rotatable bonds is 3. The number of carbonyl (C=O) groups excluding carboxylic acids is 2. The molecule has 0 radical (unpaired) electrons. The third-order valence-electron chi connectivity index (χ3n) is 2.41. The second kappa shape index (κ2) is 7.57. The summed E-state index contributed by atoms with van der Waals surface area (Å²) in [6.45, 7) is 0. The van der Waals surface area contributed by atoms with Gasteiger partial charge in [0, 0.05) is 21.1 Å². The van der Waals surface area contributed by atoms with Crippen molar-refractivity contribution in [3.63, 3.8) is 0 Å². The molecule has 1 aromatic rings. The molecule has 0 aliphatic carbocycles. The Labute approximate surface area is 143 Å². The van der Waals surface area contributed by atoms with Gasteiger partial charge in [-0.2, -0.15) is 5.10 Å². The van der Waals surface area contributed by atoms with E-state index in [1.807, 2.05) is 0 Å². The number of benzene rings is 1. The van der Waals surface area contributed by atoms with E-state index < -0.39 is 11.9 Å². The standard InChI is InChI=1S/C13H9BrClN3O3S/c1-21-11(19)5-10-12(20)17-13(22-10)18-16-6-7-2-3-8(15)4-9(7)14/h2-6H,1H3,(H,17,18,20)/b10-5+,16-6?. The van der Waals surface area contributed by atoms with Gasteiger partial charge in [-0.3, -0.25) is 10.1 Å². The van der Waals surface area contributed by atoms with Crippen LogP contribution < -0.4 is 5.32 Å². The summed E-state index contributed by atoms with van der Waals surface area (Å²) < 4.78 is 5.24. The first kappa shape index (κ1) is 16.7. The van der Waals surface area contributed by atoms with E-state index in [0.29, 0.717) is 5.02 Å². The zero-order valence-electron chi connectivity index (χ0n) is 11.2. The minimum absolute atomic E-state index is 0.202. The van der Waals surface area contributed by atoms with Crippen LogP contribution in [0.25, 0.3) is 0 Å². The second-order valence-corrected chi connectivity index (χ2v) is 6.22. The molecule has 0 unspecified atom stereocenters. The third kappa shape index (κ3) is 4.43. The van der Waals surface area contributed by atoms with Gasteiger partial charge in [-0.25, -0.2) is 4.79 Å². The largest absolute Gasteiger partial charge is 0.466 e. The van der Waals surface area contributed by atoms with Crippen molar-refractivity contribution >= 4 is 62.6 Å². The Kier molecular flexibility index (Phi) is 5.76. The number of nitrogens with one attached hydrogen (secondary N) is 1. The summed E-state index contributed by atoms with van der Waals surface area (Å²) in [7, 11) is 1.24. The Hall–Kier alpha value is -1.64. The summed E-state index contributed by atoms with van der Waals surface area (Å²) in [4.78, 5) is 22.9. The van der Waals surface area contributed by atoms with Gasteiger partial charge < -0.3 is 4.74 Å². The van der Waals surface area contributed by atoms with Crippen LogP contribution in [-0.4, -0.2) is 30.4 Å². The van der Waals surface area contributed by atoms with Gasteiger partial charge >= 0.3 is 5.97 Å². The first-order valence-corrected chi connectivity index (χ1v) is 7.83. The molecule has 9 heteroatoms. The van der Waals surface area contributed by atoms with E-state index in [1.165, 1.54) is 13.3 Å². The Morgan fingerprint density at radius 1 is 1.50 bits per heavy atom. The molecule has 1 heterocycles. The number of hydrogen-bond acceptors (Lipinski definition) is 6. The molecule has 114 valence electrons. The lowest BCUT2D eigenvalue weighted by molar-refractivity contribution is -0.135. The van der Waals surface area contributed by atoms with Crippen molar-refractivity contribution in [2.45, 2.75) is 0 Å². The zero-order chi connectivity index (χ0) is 16.1. The van der Waals surface area contributed by atoms with Crippen LogP contribution in [0.1, 0.15) is 5.56 Å². The third-order valence-corrected chi connectivity index (χ3v) is 4.23. The number of nitrogens with zero attached hydrogens (tertiary/aromatic N) is 2. The fourth-order valence-corrected chi connectivity index (χ4v) is 2.91. The number of amidine groups is 1. The van der Waals surface area contributed by atoms with Crippen LogP contribution in [0.4, 0.5) is 0 Å². The van der Waals surface area contributed by atoms with Crippen LogP contribution in [0.5, 0.6) is 0 Å². The molecule has 1 aliphatic rings. The summed E-state index contributed by atoms with van der Waals surface area (Å²) in [6.07, 6.45) is 2.62. The molecule has 0 spiro atoms. The number of carbonyl (C=O) groups is 2. The number of ether oxygens (including phenoxy) is 1. The maximum Gasteiger partial charge on any atom is 0.331 e. The molecule has 1 aromatic carbocycles. The Balaban J connectivity index is 2.08. The molecule has 0 atom stereocenters. The summed E-state index contributed by atoms with van der Waals surface area (Å²) in [6, 6.07) is 5.24. The Morgan fingerprint density at radius 3 is 2.95 bits per heavy atom. The highest BCUT2D eigenvalue weighted by atomic mass is 79.9. The fourth-order valence-electron chi connectivity index (χ4n) is 1.39. The van der Waals surface area contributed by atoms with E-state index in [9.17, 15) is 9.59 Å². The zero-order valence-corrected chi connectivity index (χ0v) is 14.3. The summed E-state index contributed by atoms with van der Waals surface area (Å²) in [5.41, 5.74) is 0.786. The van der Waals surface area contributed by atoms with Crippen molar-refractivity contribution in [1.82, 2.24) is 5.32 Å². The molecule has 1 aliphatic heterocycles. The Morgan fingerprint density at radius 2 is 2.27 bits per heavy atom. The number of esters is 1. The predicted octanol–water partition coefficient (Wildman–Crippen LogP) is 2.71. The van der Waals surface area contributed by atoms with Crippen LogP contribution in [-0.2, 0) is 14.3 Å². The molecular formula is C13H9BrClN3O3S. The smallest absolute Gasteiger partial charge is 0.331 e. The van der Waals surface area contributed by atoms with Crippen LogP contribution in [0.3, 0.4) is 0 Å². The van der Waals surface area contributed by atoms with Crippen molar-refractivity contribution in [3.8, 4) is 0 Å². The van der Waals surface area contributed by atoms with Crippen LogP contribution >= 0.6 is 39.3 Å². The van der Waals surface area contributed by atoms with E-state index in [0.717, 1.165) is 27.9 Å². The molecule has 0 saturated carbocycles. The molecular weight excluding hydrogens is 394 g/mol. The van der Waals surface area contributed by atoms with Gasteiger partial charge in [-0.15, -0.1) is 5.10 Å². The highest BCUT2D eigenvalue weighted by Gasteiger charge is 2.24. The average molecular weight is 403 g/mol. The highest BCUT2D eigenvalue weighted by Crippen LogP contribution is 2.24. The van der Waals surface area contributed by atoms with Crippen LogP contribution in [0.2, 0.25) is 5.02 Å². The van der Waals surface area contributed by atoms with Gasteiger partial charge in [0.2, 0.25) is 0 Å². The first-order chi connectivity index (χ1) is 10.5. The van der Waals surface area contributed by atoms with Crippen molar-refractivity contribution in [3.05, 3.63) is 44.2 Å². The SMILES string of the molecule is COC(=O)/C=C1/S/C(=N\N=Cc2ccc(Cl)cc2Br)NC1=O. The number of methoxy groups -OCH3 is 1. The van der Waals surface area contributed by atoms with E-state index in [1.54, 1.807) is 18.2 Å². The van der Waals surface area contributed by atoms with Gasteiger partial charge in [-0.1, -0.05) is 33.6 Å². The topological polar surface area (TPSA) is 80.1 Å². The molecule has 1 N–H and O–H groups in total. The second-order valence-electron chi connectivity index (χ2n) is 3.90. The van der Waals surface area contributed by atoms with E-state index >= 15 is 0 Å². The van der Waals surface area contributed by atoms with Crippen molar-refractivity contribution < 1.29 is 14.3 Å². The quantitative estimate of drug-likeness (QED) is 0.365. The van der Waals surface area contributed by atoms with Gasteiger partial charge in [0.25, 0.3) is 5.91 Å². The molecule has 6 nitrogen and oxygen atoms in total. The predicted molar refractivity (Wildman–Crippen MR) is 90.0 cm³/mol. The maximum absolute atomic E-state index is 11.6. The van der Waals surface area contributed by atoms with E-state index in [2.05, 4.69) is 36.2 Å². The molecule has 22 heavy (non-hydrogen) atoms. The van der Waals surface area contributed by atoms with Gasteiger partial charge in [-0.05, 0) is 23.9 Å². The van der Waals surface area contributed by atoms with Gasteiger partial charge in [0.15, 0.2) is 5.17 Å². The van der Waals surface area contributed by atoms with Crippen molar-refractivity contribution in [1.29, 1.82) is 0 Å². The molecule has 1 amide bonds. The lowest BCUT2D eigenvalue weighted by Gasteiger charge is -1.97. The van der Waals surface area contributed by atoms with Gasteiger partial charge in [0.1, 0.15) is 0 Å². The normalized spacial score (nSPS) is 18.2. The number of halogens is 2. The van der Waals surface area contributed by atoms with Gasteiger partial charge in [0.05, 0.1) is 18.2 Å². The average Bonchev–Trinajstić information content (AvgIpc) is 2.81. The van der Waals surface area contributed by atoms with E-state index in [4.69, 9.17) is 11.6 Å². The van der Waals surface area contributed by atoms with Crippen molar-refractivity contribution in [2.24, 2.45) is 10.2 Å². The number of amides is 1. The summed E-state index contributed by atoms with van der Waals surface area (Å²) in [5.74, 6) is -1.02. The molecule has 0 aromatic heterocycles.